The van der Waals surface area contributed by atoms with Gasteiger partial charge in [0.1, 0.15) is 5.82 Å². The fourth-order valence-electron chi connectivity index (χ4n) is 1.60. The molecule has 17 heavy (non-hydrogen) atoms. The molecular weight excluding hydrogens is 221 g/mol. The smallest absolute Gasteiger partial charge is 0.327 e. The maximum absolute atomic E-state index is 12.9. The molecule has 0 spiro atoms. The van der Waals surface area contributed by atoms with Gasteiger partial charge in [0.05, 0.1) is 0 Å². The standard InChI is InChI=1S/C12H14FN3O/c1-15-7-8-16(12(15)17)6-5-14-11-4-2-3-10(13)9-11/h2-4,7-9,14H,5-6H2,1H3. The highest BCUT2D eigenvalue weighted by Crippen LogP contribution is 2.08. The highest BCUT2D eigenvalue weighted by Gasteiger charge is 1.99. The molecule has 2 aromatic rings. The number of nitrogens with one attached hydrogen (secondary N) is 1. The molecular formula is C12H14FN3O. The van der Waals surface area contributed by atoms with E-state index < -0.39 is 0 Å². The Bertz CT molecular complexity index is 559. The Morgan fingerprint density at radius 2 is 2.18 bits per heavy atom. The summed E-state index contributed by atoms with van der Waals surface area (Å²) in [4.78, 5) is 11.5. The minimum atomic E-state index is -0.271. The van der Waals surface area contributed by atoms with Gasteiger partial charge >= 0.3 is 5.69 Å². The third-order valence-electron chi connectivity index (χ3n) is 2.52. The SMILES string of the molecule is Cn1ccn(CCNc2cccc(F)c2)c1=O. The van der Waals surface area contributed by atoms with E-state index >= 15 is 0 Å². The summed E-state index contributed by atoms with van der Waals surface area (Å²) in [7, 11) is 1.71. The van der Waals surface area contributed by atoms with Gasteiger partial charge in [-0.25, -0.2) is 9.18 Å². The molecule has 90 valence electrons. The topological polar surface area (TPSA) is 39.0 Å². The zero-order valence-corrected chi connectivity index (χ0v) is 9.56. The molecule has 0 saturated heterocycles. The van der Waals surface area contributed by atoms with Crippen LogP contribution in [-0.2, 0) is 13.6 Å². The molecule has 1 N–H and O–H groups in total. The lowest BCUT2D eigenvalue weighted by Gasteiger charge is -2.06. The van der Waals surface area contributed by atoms with Gasteiger partial charge in [-0.15, -0.1) is 0 Å². The van der Waals surface area contributed by atoms with E-state index in [1.807, 2.05) is 0 Å². The molecule has 1 aromatic heterocycles. The van der Waals surface area contributed by atoms with E-state index in [1.54, 1.807) is 36.1 Å². The molecule has 1 heterocycles. The lowest BCUT2D eigenvalue weighted by molar-refractivity contribution is 0.627. The summed E-state index contributed by atoms with van der Waals surface area (Å²) in [5.74, 6) is -0.271. The van der Waals surface area contributed by atoms with E-state index in [1.165, 1.54) is 16.7 Å². The van der Waals surface area contributed by atoms with E-state index in [0.717, 1.165) is 0 Å². The zero-order chi connectivity index (χ0) is 12.3. The van der Waals surface area contributed by atoms with Crippen LogP contribution < -0.4 is 11.0 Å². The molecule has 0 bridgehead atoms. The summed E-state index contributed by atoms with van der Waals surface area (Å²) in [6, 6.07) is 6.25. The summed E-state index contributed by atoms with van der Waals surface area (Å²) < 4.78 is 16.0. The van der Waals surface area contributed by atoms with Crippen molar-refractivity contribution in [3.8, 4) is 0 Å². The van der Waals surface area contributed by atoms with Gasteiger partial charge in [-0.05, 0) is 18.2 Å². The van der Waals surface area contributed by atoms with Gasteiger partial charge in [0.25, 0.3) is 0 Å². The van der Waals surface area contributed by atoms with Crippen LogP contribution in [0.15, 0.2) is 41.5 Å². The quantitative estimate of drug-likeness (QED) is 0.871. The minimum absolute atomic E-state index is 0.0500. The Morgan fingerprint density at radius 1 is 1.35 bits per heavy atom. The summed E-state index contributed by atoms with van der Waals surface area (Å²) in [6.07, 6.45) is 3.44. The third-order valence-corrected chi connectivity index (χ3v) is 2.52. The first-order valence-electron chi connectivity index (χ1n) is 5.38. The van der Waals surface area contributed by atoms with E-state index in [4.69, 9.17) is 0 Å². The fourth-order valence-corrected chi connectivity index (χ4v) is 1.60. The number of benzene rings is 1. The number of aromatic nitrogens is 2. The molecule has 0 fully saturated rings. The Morgan fingerprint density at radius 3 is 2.82 bits per heavy atom. The number of aryl methyl sites for hydroxylation is 1. The van der Waals surface area contributed by atoms with Gasteiger partial charge in [0, 0.05) is 38.2 Å². The molecule has 0 amide bonds. The minimum Gasteiger partial charge on any atom is -0.383 e. The van der Waals surface area contributed by atoms with Gasteiger partial charge in [-0.1, -0.05) is 6.07 Å². The number of imidazole rings is 1. The first-order valence-corrected chi connectivity index (χ1v) is 5.38. The fraction of sp³-hybridized carbons (Fsp3) is 0.250. The summed E-state index contributed by atoms with van der Waals surface area (Å²) in [6.45, 7) is 1.13. The molecule has 0 aliphatic heterocycles. The second-order valence-electron chi connectivity index (χ2n) is 3.82. The molecule has 2 rings (SSSR count). The Labute approximate surface area is 98.3 Å². The largest absolute Gasteiger partial charge is 0.383 e. The number of nitrogens with zero attached hydrogens (tertiary/aromatic N) is 2. The van der Waals surface area contributed by atoms with Crippen molar-refractivity contribution in [1.82, 2.24) is 9.13 Å². The predicted molar refractivity (Wildman–Crippen MR) is 64.6 cm³/mol. The van der Waals surface area contributed by atoms with Crippen molar-refractivity contribution in [1.29, 1.82) is 0 Å². The molecule has 0 aliphatic rings. The maximum Gasteiger partial charge on any atom is 0.327 e. The Kier molecular flexibility index (Phi) is 3.27. The highest BCUT2D eigenvalue weighted by molar-refractivity contribution is 5.42. The first kappa shape index (κ1) is 11.4. The van der Waals surface area contributed by atoms with Crippen LogP contribution in [0.3, 0.4) is 0 Å². The highest BCUT2D eigenvalue weighted by atomic mass is 19.1. The van der Waals surface area contributed by atoms with Crippen LogP contribution in [-0.4, -0.2) is 15.7 Å². The molecule has 0 atom stereocenters. The maximum atomic E-state index is 12.9. The monoisotopic (exact) mass is 235 g/mol. The van der Waals surface area contributed by atoms with Gasteiger partial charge < -0.3 is 9.88 Å². The van der Waals surface area contributed by atoms with Crippen LogP contribution >= 0.6 is 0 Å². The number of hydrogen-bond acceptors (Lipinski definition) is 2. The van der Waals surface area contributed by atoms with Crippen LogP contribution in [0.1, 0.15) is 0 Å². The van der Waals surface area contributed by atoms with Crippen molar-refractivity contribution in [3.63, 3.8) is 0 Å². The lowest BCUT2D eigenvalue weighted by Crippen LogP contribution is -2.24. The number of rotatable bonds is 4. The van der Waals surface area contributed by atoms with Gasteiger partial charge in [-0.3, -0.25) is 4.57 Å². The predicted octanol–water partition coefficient (Wildman–Crippen LogP) is 1.44. The molecule has 0 aliphatic carbocycles. The van der Waals surface area contributed by atoms with Crippen LogP contribution in [0.25, 0.3) is 0 Å². The molecule has 0 radical (unpaired) electrons. The van der Waals surface area contributed by atoms with Crippen LogP contribution in [0.4, 0.5) is 10.1 Å². The summed E-state index contributed by atoms with van der Waals surface area (Å²) in [5, 5.41) is 3.06. The van der Waals surface area contributed by atoms with Crippen molar-refractivity contribution in [2.45, 2.75) is 6.54 Å². The van der Waals surface area contributed by atoms with Crippen molar-refractivity contribution in [3.05, 3.63) is 53.0 Å². The van der Waals surface area contributed by atoms with Crippen molar-refractivity contribution in [2.75, 3.05) is 11.9 Å². The normalized spacial score (nSPS) is 10.5. The average molecular weight is 235 g/mol. The van der Waals surface area contributed by atoms with Crippen molar-refractivity contribution in [2.24, 2.45) is 7.05 Å². The second-order valence-corrected chi connectivity index (χ2v) is 3.82. The van der Waals surface area contributed by atoms with Crippen molar-refractivity contribution < 1.29 is 4.39 Å². The molecule has 5 heteroatoms. The van der Waals surface area contributed by atoms with E-state index in [0.29, 0.717) is 18.8 Å². The number of halogens is 1. The number of anilines is 1. The van der Waals surface area contributed by atoms with Gasteiger partial charge in [-0.2, -0.15) is 0 Å². The first-order chi connectivity index (χ1) is 8.16. The molecule has 0 unspecified atom stereocenters. The Hall–Kier alpha value is -2.04. The summed E-state index contributed by atoms with van der Waals surface area (Å²) in [5.41, 5.74) is 0.667. The van der Waals surface area contributed by atoms with Crippen molar-refractivity contribution >= 4 is 5.69 Å². The second kappa shape index (κ2) is 4.86. The Balaban J connectivity index is 1.92. The summed E-state index contributed by atoms with van der Waals surface area (Å²) >= 11 is 0. The van der Waals surface area contributed by atoms with Gasteiger partial charge in [0.2, 0.25) is 0 Å². The lowest BCUT2D eigenvalue weighted by atomic mass is 10.3. The zero-order valence-electron chi connectivity index (χ0n) is 9.56. The molecule has 0 saturated carbocycles. The molecule has 1 aromatic carbocycles. The van der Waals surface area contributed by atoms with E-state index in [-0.39, 0.29) is 11.5 Å². The van der Waals surface area contributed by atoms with E-state index in [9.17, 15) is 9.18 Å². The van der Waals surface area contributed by atoms with E-state index in [2.05, 4.69) is 5.32 Å². The average Bonchev–Trinajstić information content (AvgIpc) is 2.61. The van der Waals surface area contributed by atoms with Crippen LogP contribution in [0.5, 0.6) is 0 Å². The third kappa shape index (κ3) is 2.75. The van der Waals surface area contributed by atoms with Crippen LogP contribution in [0.2, 0.25) is 0 Å². The van der Waals surface area contributed by atoms with Gasteiger partial charge in [0.15, 0.2) is 0 Å². The number of hydrogen-bond donors (Lipinski definition) is 1. The van der Waals surface area contributed by atoms with Crippen LogP contribution in [0, 0.1) is 5.82 Å². The molecule has 4 nitrogen and oxygen atoms in total.